The quantitative estimate of drug-likeness (QED) is 0.681. The Balaban J connectivity index is 1.26. The summed E-state index contributed by atoms with van der Waals surface area (Å²) >= 11 is 0. The molecule has 3 aromatic rings. The second-order valence-corrected chi connectivity index (χ2v) is 6.92. The molecule has 5 nitrogen and oxygen atoms in total. The number of hydrogen-bond donors (Lipinski definition) is 0. The molecule has 1 aliphatic heterocycles. The Kier molecular flexibility index (Phi) is 5.36. The van der Waals surface area contributed by atoms with Crippen LogP contribution in [0.5, 0.6) is 0 Å². The van der Waals surface area contributed by atoms with Gasteiger partial charge in [-0.1, -0.05) is 35.5 Å². The lowest BCUT2D eigenvalue weighted by molar-refractivity contribution is 0.181. The Morgan fingerprint density at radius 3 is 2.50 bits per heavy atom. The molecule has 0 atom stereocenters. The number of benzene rings is 1. The zero-order valence-electron chi connectivity index (χ0n) is 14.9. The van der Waals surface area contributed by atoms with Crippen LogP contribution in [0.4, 0.5) is 0 Å². The fourth-order valence-electron chi connectivity index (χ4n) is 3.61. The Hall–Kier alpha value is -2.53. The predicted octanol–water partition coefficient (Wildman–Crippen LogP) is 3.63. The molecule has 5 heteroatoms. The second-order valence-electron chi connectivity index (χ2n) is 6.92. The number of aryl methyl sites for hydroxylation is 2. The average Bonchev–Trinajstić information content (AvgIpc) is 3.16. The van der Waals surface area contributed by atoms with Crippen LogP contribution in [0.2, 0.25) is 0 Å². The minimum Gasteiger partial charge on any atom is -0.338 e. The van der Waals surface area contributed by atoms with Crippen LogP contribution in [0.25, 0.3) is 0 Å². The van der Waals surface area contributed by atoms with Crippen molar-refractivity contribution in [1.82, 2.24) is 20.0 Å². The number of piperidine rings is 1. The topological polar surface area (TPSA) is 55.1 Å². The van der Waals surface area contributed by atoms with Gasteiger partial charge in [0.25, 0.3) is 0 Å². The van der Waals surface area contributed by atoms with Crippen LogP contribution in [0, 0.1) is 0 Å². The average molecular weight is 348 g/mol. The van der Waals surface area contributed by atoms with Crippen LogP contribution < -0.4 is 0 Å². The lowest BCUT2D eigenvalue weighted by Gasteiger charge is -2.31. The van der Waals surface area contributed by atoms with Gasteiger partial charge in [0.1, 0.15) is 0 Å². The van der Waals surface area contributed by atoms with E-state index in [-0.39, 0.29) is 0 Å². The lowest BCUT2D eigenvalue weighted by Crippen LogP contribution is -2.32. The molecular weight excluding hydrogens is 324 g/mol. The Bertz CT molecular complexity index is 795. The molecule has 134 valence electrons. The van der Waals surface area contributed by atoms with Crippen molar-refractivity contribution in [2.45, 2.75) is 38.1 Å². The number of rotatable bonds is 6. The van der Waals surface area contributed by atoms with Crippen molar-refractivity contribution in [2.24, 2.45) is 0 Å². The highest BCUT2D eigenvalue weighted by atomic mass is 16.5. The summed E-state index contributed by atoms with van der Waals surface area (Å²) in [6.45, 7) is 2.88. The van der Waals surface area contributed by atoms with E-state index < -0.39 is 0 Å². The predicted molar refractivity (Wildman–Crippen MR) is 99.6 cm³/mol. The van der Waals surface area contributed by atoms with Crippen LogP contribution in [-0.2, 0) is 19.4 Å². The van der Waals surface area contributed by atoms with Gasteiger partial charge in [-0.2, -0.15) is 4.98 Å². The third-order valence-electron chi connectivity index (χ3n) is 5.11. The first-order valence-corrected chi connectivity index (χ1v) is 9.34. The molecule has 1 fully saturated rings. The highest BCUT2D eigenvalue weighted by molar-refractivity contribution is 5.17. The van der Waals surface area contributed by atoms with E-state index in [2.05, 4.69) is 56.4 Å². The Labute approximate surface area is 154 Å². The molecule has 1 aromatic carbocycles. The van der Waals surface area contributed by atoms with Crippen LogP contribution in [0.3, 0.4) is 0 Å². The summed E-state index contributed by atoms with van der Waals surface area (Å²) in [7, 11) is 0. The molecule has 0 aliphatic carbocycles. The van der Waals surface area contributed by atoms with Gasteiger partial charge < -0.3 is 4.52 Å². The molecule has 3 heterocycles. The van der Waals surface area contributed by atoms with Crippen LogP contribution >= 0.6 is 0 Å². The van der Waals surface area contributed by atoms with Crippen molar-refractivity contribution in [1.29, 1.82) is 0 Å². The number of nitrogens with zero attached hydrogens (tertiary/aromatic N) is 4. The summed E-state index contributed by atoms with van der Waals surface area (Å²) in [5, 5.41) is 4.14. The van der Waals surface area contributed by atoms with Crippen molar-refractivity contribution in [3.63, 3.8) is 0 Å². The van der Waals surface area contributed by atoms with Crippen LogP contribution in [0.15, 0.2) is 59.4 Å². The number of hydrogen-bond acceptors (Lipinski definition) is 5. The monoisotopic (exact) mass is 348 g/mol. The summed E-state index contributed by atoms with van der Waals surface area (Å²) in [5.74, 6) is 2.17. The molecule has 0 amide bonds. The minimum atomic E-state index is 0.637. The first-order valence-electron chi connectivity index (χ1n) is 9.34. The molecular formula is C21H24N4O. The lowest BCUT2D eigenvalue weighted by atomic mass is 9.90. The third kappa shape index (κ3) is 4.35. The molecule has 1 aliphatic rings. The van der Waals surface area contributed by atoms with Gasteiger partial charge in [-0.05, 0) is 61.5 Å². The van der Waals surface area contributed by atoms with E-state index in [1.54, 1.807) is 0 Å². The molecule has 0 saturated carbocycles. The first-order chi connectivity index (χ1) is 12.9. The maximum atomic E-state index is 5.46. The molecule has 0 N–H and O–H groups in total. The normalized spacial score (nSPS) is 16.0. The molecule has 0 spiro atoms. The first kappa shape index (κ1) is 16.9. The molecule has 4 rings (SSSR count). The molecule has 0 bridgehead atoms. The third-order valence-corrected chi connectivity index (χ3v) is 5.11. The van der Waals surface area contributed by atoms with Gasteiger partial charge in [0.2, 0.25) is 5.89 Å². The maximum absolute atomic E-state index is 5.46. The molecule has 1 saturated heterocycles. The van der Waals surface area contributed by atoms with Crippen molar-refractivity contribution in [3.05, 3.63) is 77.7 Å². The largest absolute Gasteiger partial charge is 0.338 e. The van der Waals surface area contributed by atoms with Gasteiger partial charge in [-0.3, -0.25) is 9.88 Å². The van der Waals surface area contributed by atoms with Crippen LogP contribution in [0.1, 0.15) is 41.6 Å². The van der Waals surface area contributed by atoms with Crippen molar-refractivity contribution < 1.29 is 4.52 Å². The summed E-state index contributed by atoms with van der Waals surface area (Å²) in [5.41, 5.74) is 2.71. The summed E-state index contributed by atoms with van der Waals surface area (Å²) < 4.78 is 5.46. The molecule has 0 radical (unpaired) electrons. The van der Waals surface area contributed by atoms with E-state index in [0.717, 1.165) is 44.2 Å². The fraction of sp³-hybridized carbons (Fsp3) is 0.381. The summed E-state index contributed by atoms with van der Waals surface area (Å²) in [6, 6.07) is 14.7. The molecule has 26 heavy (non-hydrogen) atoms. The van der Waals surface area contributed by atoms with Crippen molar-refractivity contribution >= 4 is 0 Å². The Morgan fingerprint density at radius 2 is 1.73 bits per heavy atom. The molecule has 0 unspecified atom stereocenters. The van der Waals surface area contributed by atoms with E-state index in [0.29, 0.717) is 5.92 Å². The van der Waals surface area contributed by atoms with Gasteiger partial charge in [-0.25, -0.2) is 0 Å². The minimum absolute atomic E-state index is 0.637. The number of aromatic nitrogens is 3. The van der Waals surface area contributed by atoms with Gasteiger partial charge in [0.15, 0.2) is 5.82 Å². The summed E-state index contributed by atoms with van der Waals surface area (Å²) in [6.07, 6.45) is 7.86. The van der Waals surface area contributed by atoms with E-state index in [1.165, 1.54) is 24.0 Å². The molecule has 2 aromatic heterocycles. The smallest absolute Gasteiger partial charge is 0.240 e. The Morgan fingerprint density at radius 1 is 0.962 bits per heavy atom. The highest BCUT2D eigenvalue weighted by Gasteiger charge is 2.22. The number of pyridine rings is 1. The zero-order chi connectivity index (χ0) is 17.6. The van der Waals surface area contributed by atoms with Gasteiger partial charge in [0, 0.05) is 18.8 Å². The van der Waals surface area contributed by atoms with Crippen molar-refractivity contribution in [3.8, 4) is 0 Å². The standard InChI is InChI=1S/C21H24N4O/c1-2-4-17(5-3-1)6-7-20-23-21(26-24-20)16-25-14-10-19(11-15-25)18-8-12-22-13-9-18/h1-5,8-9,12-13,19H,6-7,10-11,14-16H2. The SMILES string of the molecule is c1ccc(CCc2noc(CN3CCC(c4ccncc4)CC3)n2)cc1. The van der Waals surface area contributed by atoms with Crippen LogP contribution in [-0.4, -0.2) is 33.1 Å². The number of likely N-dealkylation sites (tertiary alicyclic amines) is 1. The maximum Gasteiger partial charge on any atom is 0.240 e. The van der Waals surface area contributed by atoms with E-state index in [1.807, 2.05) is 18.5 Å². The second kappa shape index (κ2) is 8.23. The van der Waals surface area contributed by atoms with E-state index in [4.69, 9.17) is 4.52 Å². The zero-order valence-corrected chi connectivity index (χ0v) is 14.9. The van der Waals surface area contributed by atoms with Gasteiger partial charge in [0.05, 0.1) is 6.54 Å². The van der Waals surface area contributed by atoms with E-state index in [9.17, 15) is 0 Å². The van der Waals surface area contributed by atoms with Gasteiger partial charge in [-0.15, -0.1) is 0 Å². The summed E-state index contributed by atoms with van der Waals surface area (Å²) in [4.78, 5) is 11.1. The van der Waals surface area contributed by atoms with Gasteiger partial charge >= 0.3 is 0 Å². The fourth-order valence-corrected chi connectivity index (χ4v) is 3.61. The highest BCUT2D eigenvalue weighted by Crippen LogP contribution is 2.27. The van der Waals surface area contributed by atoms with Crippen molar-refractivity contribution in [2.75, 3.05) is 13.1 Å². The van der Waals surface area contributed by atoms with E-state index >= 15 is 0 Å².